The highest BCUT2D eigenvalue weighted by Crippen LogP contribution is 2.61. The summed E-state index contributed by atoms with van der Waals surface area (Å²) in [6.07, 6.45) is 0.594. The molecule has 2 saturated heterocycles. The molecule has 10 nitrogen and oxygen atoms in total. The van der Waals surface area contributed by atoms with Crippen LogP contribution in [0.3, 0.4) is 0 Å². The summed E-state index contributed by atoms with van der Waals surface area (Å²) in [5.74, 6) is 1.43. The summed E-state index contributed by atoms with van der Waals surface area (Å²) in [6.45, 7) is 10.8. The van der Waals surface area contributed by atoms with Crippen molar-refractivity contribution in [3.05, 3.63) is 52.0 Å². The van der Waals surface area contributed by atoms with E-state index in [-0.39, 0.29) is 25.1 Å². The second-order valence-electron chi connectivity index (χ2n) is 15.3. The highest BCUT2D eigenvalue weighted by molar-refractivity contribution is 9.10. The zero-order valence-electron chi connectivity index (χ0n) is 29.3. The Bertz CT molecular complexity index is 1480. The zero-order valence-corrected chi connectivity index (χ0v) is 30.9. The van der Waals surface area contributed by atoms with E-state index in [9.17, 15) is 15.0 Å². The minimum Gasteiger partial charge on any atom is -0.496 e. The van der Waals surface area contributed by atoms with E-state index >= 15 is 0 Å². The number of fused-ring (bicyclic) bond motifs is 2. The molecule has 2 heterocycles. The molecule has 2 aromatic carbocycles. The molecule has 2 bridgehead atoms. The van der Waals surface area contributed by atoms with Gasteiger partial charge in [-0.2, -0.15) is 5.06 Å². The summed E-state index contributed by atoms with van der Waals surface area (Å²) in [4.78, 5) is 22.6. The summed E-state index contributed by atoms with van der Waals surface area (Å²) >= 11 is 3.72. The zero-order chi connectivity index (χ0) is 34.5. The van der Waals surface area contributed by atoms with Crippen molar-refractivity contribution in [3.8, 4) is 16.9 Å². The first-order valence-electron chi connectivity index (χ1n) is 17.3. The van der Waals surface area contributed by atoms with Gasteiger partial charge in [0.1, 0.15) is 17.9 Å². The lowest BCUT2D eigenvalue weighted by molar-refractivity contribution is -0.183. The number of rotatable bonds is 13. The number of carbonyl (C=O) groups excluding carboxylic acids is 1. The van der Waals surface area contributed by atoms with Crippen molar-refractivity contribution in [2.24, 2.45) is 29.1 Å². The van der Waals surface area contributed by atoms with Gasteiger partial charge in [-0.3, -0.25) is 14.9 Å². The molecule has 0 spiro atoms. The smallest absolute Gasteiger partial charge is 0.240 e. The first kappa shape index (κ1) is 35.7. The molecule has 0 aromatic heterocycles. The maximum atomic E-state index is 14.2. The Morgan fingerprint density at radius 3 is 2.58 bits per heavy atom. The molecule has 5 fully saturated rings. The van der Waals surface area contributed by atoms with Crippen molar-refractivity contribution in [1.29, 1.82) is 0 Å². The third-order valence-electron chi connectivity index (χ3n) is 11.8. The van der Waals surface area contributed by atoms with Crippen LogP contribution < -0.4 is 15.4 Å². The SMILES string of the molecule is COc1c(CN2O[C@@H](CO)[C@@H]([C@H](C)O)[C@H]2C(=O)N[C@H]2C[C@H]3C[C@@H]([C@@H]2C)C3(C)C)cccc1-c1cc(Br)cc(C2(NCCN(C)C)CO2)c1. The molecule has 3 saturated carbocycles. The largest absolute Gasteiger partial charge is 0.496 e. The number of methoxy groups -OCH3 is 1. The first-order valence-corrected chi connectivity index (χ1v) is 18.1. The fourth-order valence-corrected chi connectivity index (χ4v) is 9.23. The maximum absolute atomic E-state index is 14.2. The number of hydrogen-bond donors (Lipinski definition) is 4. The van der Waals surface area contributed by atoms with Crippen LogP contribution in [0.15, 0.2) is 40.9 Å². The van der Waals surface area contributed by atoms with Gasteiger partial charge in [-0.05, 0) is 80.8 Å². The number of para-hydroxylation sites is 1. The van der Waals surface area contributed by atoms with E-state index in [0.29, 0.717) is 35.5 Å². The van der Waals surface area contributed by atoms with Crippen LogP contribution in [0.2, 0.25) is 0 Å². The fraction of sp³-hybridized carbons (Fsp3) is 0.649. The van der Waals surface area contributed by atoms with Crippen LogP contribution in [0, 0.1) is 29.1 Å². The molecule has 1 amide bonds. The van der Waals surface area contributed by atoms with Crippen molar-refractivity contribution in [3.63, 3.8) is 0 Å². The highest BCUT2D eigenvalue weighted by Gasteiger charge is 2.57. The quantitative estimate of drug-likeness (QED) is 0.226. The fourth-order valence-electron chi connectivity index (χ4n) is 8.73. The van der Waals surface area contributed by atoms with E-state index in [4.69, 9.17) is 14.3 Å². The van der Waals surface area contributed by atoms with Gasteiger partial charge >= 0.3 is 0 Å². The second-order valence-corrected chi connectivity index (χ2v) is 16.2. The standard InChI is InChI=1S/C37H53BrN4O6/c1-21-29-16-25(36(29,3)4)17-30(21)40-35(45)33-32(22(2)44)31(19-43)48-42(33)18-23-9-8-10-28(34(23)46-7)24-13-26(15-27(38)14-24)37(20-47-37)39-11-12-41(5)6/h8-10,13-15,21-22,25,29-33,39,43-44H,11-12,16-20H2,1-7H3,(H,40,45)/t21-,22-,25+,29-,30-,31-,32+,33-,37?/m0/s1. The van der Waals surface area contributed by atoms with Crippen molar-refractivity contribution >= 4 is 21.8 Å². The van der Waals surface area contributed by atoms with E-state index in [1.54, 1.807) is 19.1 Å². The van der Waals surface area contributed by atoms with Gasteiger partial charge in [0.25, 0.3) is 0 Å². The Morgan fingerprint density at radius 1 is 1.23 bits per heavy atom. The predicted octanol–water partition coefficient (Wildman–Crippen LogP) is 4.12. The number of amides is 1. The van der Waals surface area contributed by atoms with E-state index < -0.39 is 29.9 Å². The number of nitrogens with one attached hydrogen (secondary N) is 2. The van der Waals surface area contributed by atoms with Crippen molar-refractivity contribution in [1.82, 2.24) is 20.6 Å². The molecule has 3 aliphatic carbocycles. The van der Waals surface area contributed by atoms with Gasteiger partial charge < -0.3 is 29.9 Å². The molecule has 2 aliphatic heterocycles. The average Bonchev–Trinajstić information content (AvgIpc) is 3.73. The Kier molecular flexibility index (Phi) is 10.4. The Morgan fingerprint density at radius 2 is 1.98 bits per heavy atom. The number of ether oxygens (including phenoxy) is 2. The summed E-state index contributed by atoms with van der Waals surface area (Å²) in [5.41, 5.74) is 3.49. The number of nitrogens with zero attached hydrogens (tertiary/aromatic N) is 2. The number of aliphatic hydroxyl groups is 2. The number of hydroxylamine groups is 2. The van der Waals surface area contributed by atoms with E-state index in [0.717, 1.165) is 46.2 Å². The maximum Gasteiger partial charge on any atom is 0.240 e. The van der Waals surface area contributed by atoms with Gasteiger partial charge in [-0.1, -0.05) is 54.9 Å². The number of aliphatic hydroxyl groups excluding tert-OH is 2. The first-order chi connectivity index (χ1) is 22.8. The van der Waals surface area contributed by atoms with Gasteiger partial charge in [0.15, 0.2) is 5.72 Å². The van der Waals surface area contributed by atoms with Gasteiger partial charge in [0, 0.05) is 46.2 Å². The molecule has 9 atom stereocenters. The monoisotopic (exact) mass is 728 g/mol. The van der Waals surface area contributed by atoms with Gasteiger partial charge in [-0.15, -0.1) is 0 Å². The summed E-state index contributed by atoms with van der Waals surface area (Å²) in [7, 11) is 5.75. The topological polar surface area (TPSA) is 119 Å². The number of hydrogen-bond acceptors (Lipinski definition) is 9. The van der Waals surface area contributed by atoms with Crippen molar-refractivity contribution < 1.29 is 29.3 Å². The van der Waals surface area contributed by atoms with E-state index in [1.165, 1.54) is 6.42 Å². The Hall–Kier alpha value is -2.09. The lowest BCUT2D eigenvalue weighted by atomic mass is 9.45. The molecule has 264 valence electrons. The predicted molar refractivity (Wildman–Crippen MR) is 188 cm³/mol. The van der Waals surface area contributed by atoms with Gasteiger partial charge in [0.2, 0.25) is 5.91 Å². The third kappa shape index (κ3) is 6.69. The summed E-state index contributed by atoms with van der Waals surface area (Å²) < 4.78 is 12.9. The lowest BCUT2D eigenvalue weighted by Gasteiger charge is -2.62. The van der Waals surface area contributed by atoms with Gasteiger partial charge in [-0.25, -0.2) is 0 Å². The number of likely N-dealkylation sites (N-methyl/N-ethyl adjacent to an activating group) is 1. The van der Waals surface area contributed by atoms with Crippen LogP contribution >= 0.6 is 15.9 Å². The molecular formula is C37H53BrN4O6. The summed E-state index contributed by atoms with van der Waals surface area (Å²) in [5, 5.41) is 29.7. The van der Waals surface area contributed by atoms with Gasteiger partial charge in [0.05, 0.1) is 33.0 Å². The van der Waals surface area contributed by atoms with Crippen molar-refractivity contribution in [2.75, 3.05) is 47.5 Å². The van der Waals surface area contributed by atoms with E-state index in [2.05, 4.69) is 84.5 Å². The minimum atomic E-state index is -0.865. The molecule has 0 radical (unpaired) electrons. The molecule has 2 aromatic rings. The van der Waals surface area contributed by atoms with Crippen LogP contribution in [-0.4, -0.2) is 97.9 Å². The van der Waals surface area contributed by atoms with Crippen LogP contribution in [0.4, 0.5) is 0 Å². The van der Waals surface area contributed by atoms with Crippen LogP contribution in [0.1, 0.15) is 51.7 Å². The molecule has 48 heavy (non-hydrogen) atoms. The Labute approximate surface area is 293 Å². The number of carbonyl (C=O) groups is 1. The minimum absolute atomic E-state index is 0.0682. The number of benzene rings is 2. The second kappa shape index (κ2) is 13.9. The number of halogens is 1. The Balaban J connectivity index is 1.26. The summed E-state index contributed by atoms with van der Waals surface area (Å²) in [6, 6.07) is 11.5. The lowest BCUT2D eigenvalue weighted by Crippen LogP contribution is -2.62. The molecule has 5 aliphatic rings. The van der Waals surface area contributed by atoms with Crippen LogP contribution in [0.25, 0.3) is 11.1 Å². The van der Waals surface area contributed by atoms with Crippen LogP contribution in [0.5, 0.6) is 5.75 Å². The molecule has 7 rings (SSSR count). The molecule has 4 N–H and O–H groups in total. The average molecular weight is 730 g/mol. The number of epoxide rings is 1. The molecule has 11 heteroatoms. The molecule has 1 unspecified atom stereocenters. The molecular weight excluding hydrogens is 676 g/mol. The van der Waals surface area contributed by atoms with Crippen molar-refractivity contribution in [2.45, 2.75) is 77.1 Å². The normalized spacial score (nSPS) is 32.9. The third-order valence-corrected chi connectivity index (χ3v) is 12.2. The van der Waals surface area contributed by atoms with E-state index in [1.807, 2.05) is 18.2 Å². The van der Waals surface area contributed by atoms with Crippen LogP contribution in [-0.2, 0) is 26.6 Å². The highest BCUT2D eigenvalue weighted by atomic mass is 79.9.